The summed E-state index contributed by atoms with van der Waals surface area (Å²) in [6.07, 6.45) is 0.659. The van der Waals surface area contributed by atoms with Crippen molar-refractivity contribution in [3.05, 3.63) is 24.3 Å². The molecular formula is C12H16N2O5S. The molecule has 0 aliphatic carbocycles. The van der Waals surface area contributed by atoms with Gasteiger partial charge in [0.15, 0.2) is 0 Å². The molecule has 1 rings (SSSR count). The Morgan fingerprint density at radius 3 is 2.25 bits per heavy atom. The van der Waals surface area contributed by atoms with Crippen LogP contribution < -0.4 is 10.0 Å². The molecule has 0 aromatic heterocycles. The molecule has 0 aliphatic heterocycles. The molecule has 20 heavy (non-hydrogen) atoms. The number of sulfonamides is 1. The fourth-order valence-electron chi connectivity index (χ4n) is 1.32. The van der Waals surface area contributed by atoms with Gasteiger partial charge < -0.3 is 10.4 Å². The number of anilines is 1. The first kappa shape index (κ1) is 16.1. The molecule has 0 bridgehead atoms. The second kappa shape index (κ2) is 6.49. The van der Waals surface area contributed by atoms with Gasteiger partial charge in [0.2, 0.25) is 10.0 Å². The highest BCUT2D eigenvalue weighted by molar-refractivity contribution is 7.89. The molecule has 0 saturated heterocycles. The molecule has 1 atom stereocenters. The lowest BCUT2D eigenvalue weighted by Crippen LogP contribution is -2.32. The molecule has 7 nitrogen and oxygen atoms in total. The smallest absolute Gasteiger partial charge is 0.394 e. The molecule has 0 fully saturated rings. The van der Waals surface area contributed by atoms with Crippen LogP contribution in [0.1, 0.15) is 20.3 Å². The first-order chi connectivity index (χ1) is 9.26. The topological polar surface area (TPSA) is 113 Å². The van der Waals surface area contributed by atoms with Crippen molar-refractivity contribution in [3.63, 3.8) is 0 Å². The maximum absolute atomic E-state index is 12.0. The maximum atomic E-state index is 12.0. The van der Waals surface area contributed by atoms with Gasteiger partial charge in [0.05, 0.1) is 4.90 Å². The van der Waals surface area contributed by atoms with E-state index in [1.807, 2.05) is 6.92 Å². The Hall–Kier alpha value is -1.93. The second-order valence-electron chi connectivity index (χ2n) is 4.21. The van der Waals surface area contributed by atoms with E-state index in [9.17, 15) is 18.0 Å². The lowest BCUT2D eigenvalue weighted by molar-refractivity contribution is -0.147. The van der Waals surface area contributed by atoms with Gasteiger partial charge in [-0.15, -0.1) is 0 Å². The van der Waals surface area contributed by atoms with Crippen LogP contribution in [0, 0.1) is 0 Å². The predicted molar refractivity (Wildman–Crippen MR) is 72.8 cm³/mol. The molecule has 0 aliphatic rings. The van der Waals surface area contributed by atoms with E-state index in [1.165, 1.54) is 24.3 Å². The molecule has 110 valence electrons. The van der Waals surface area contributed by atoms with E-state index < -0.39 is 21.9 Å². The maximum Gasteiger partial charge on any atom is 0.394 e. The summed E-state index contributed by atoms with van der Waals surface area (Å²) in [7, 11) is -3.61. The minimum absolute atomic E-state index is 0.0473. The van der Waals surface area contributed by atoms with Gasteiger partial charge in [-0.2, -0.15) is 0 Å². The van der Waals surface area contributed by atoms with Crippen LogP contribution in [0.25, 0.3) is 0 Å². The van der Waals surface area contributed by atoms with Gasteiger partial charge in [0.25, 0.3) is 0 Å². The molecule has 0 saturated carbocycles. The average Bonchev–Trinajstić information content (AvgIpc) is 2.38. The predicted octanol–water partition coefficient (Wildman–Crippen LogP) is 0.786. The molecule has 0 spiro atoms. The number of carboxylic acids is 1. The first-order valence-electron chi connectivity index (χ1n) is 5.93. The zero-order chi connectivity index (χ0) is 15.3. The van der Waals surface area contributed by atoms with E-state index in [-0.39, 0.29) is 16.6 Å². The summed E-state index contributed by atoms with van der Waals surface area (Å²) in [6.45, 7) is 3.61. The lowest BCUT2D eigenvalue weighted by atomic mass is 10.3. The van der Waals surface area contributed by atoms with Crippen LogP contribution in [0.2, 0.25) is 0 Å². The summed E-state index contributed by atoms with van der Waals surface area (Å²) in [4.78, 5) is 21.4. The lowest BCUT2D eigenvalue weighted by Gasteiger charge is -2.12. The highest BCUT2D eigenvalue weighted by Crippen LogP contribution is 2.14. The third-order valence-corrected chi connectivity index (χ3v) is 4.19. The number of hydrogen-bond donors (Lipinski definition) is 3. The van der Waals surface area contributed by atoms with Gasteiger partial charge in [0.1, 0.15) is 0 Å². The summed E-state index contributed by atoms with van der Waals surface area (Å²) in [5.41, 5.74) is 0.208. The van der Waals surface area contributed by atoms with Crippen molar-refractivity contribution >= 4 is 27.6 Å². The van der Waals surface area contributed by atoms with Crippen molar-refractivity contribution in [2.75, 3.05) is 5.32 Å². The highest BCUT2D eigenvalue weighted by atomic mass is 32.2. The monoisotopic (exact) mass is 300 g/mol. The van der Waals surface area contributed by atoms with E-state index in [0.717, 1.165) is 0 Å². The van der Waals surface area contributed by atoms with Gasteiger partial charge in [-0.1, -0.05) is 6.92 Å². The molecule has 0 heterocycles. The Kier molecular flexibility index (Phi) is 5.23. The molecule has 1 unspecified atom stereocenters. The van der Waals surface area contributed by atoms with E-state index in [1.54, 1.807) is 6.92 Å². The van der Waals surface area contributed by atoms with Crippen molar-refractivity contribution in [2.45, 2.75) is 31.2 Å². The SMILES string of the molecule is CCC(C)NS(=O)(=O)c1ccc(NC(=O)C(=O)O)cc1. The quantitative estimate of drug-likeness (QED) is 0.696. The molecule has 1 amide bonds. The minimum atomic E-state index is -3.61. The van der Waals surface area contributed by atoms with Crippen molar-refractivity contribution in [2.24, 2.45) is 0 Å². The van der Waals surface area contributed by atoms with Gasteiger partial charge in [-0.25, -0.2) is 17.9 Å². The van der Waals surface area contributed by atoms with Crippen LogP contribution in [0.4, 0.5) is 5.69 Å². The van der Waals surface area contributed by atoms with Crippen LogP contribution in [-0.4, -0.2) is 31.4 Å². The number of aliphatic carboxylic acids is 1. The fraction of sp³-hybridized carbons (Fsp3) is 0.333. The molecule has 1 aromatic rings. The Morgan fingerprint density at radius 2 is 1.80 bits per heavy atom. The number of carbonyl (C=O) groups excluding carboxylic acids is 1. The number of nitrogens with one attached hydrogen (secondary N) is 2. The van der Waals surface area contributed by atoms with E-state index >= 15 is 0 Å². The Morgan fingerprint density at radius 1 is 1.25 bits per heavy atom. The van der Waals surface area contributed by atoms with E-state index in [4.69, 9.17) is 5.11 Å². The third kappa shape index (κ3) is 4.32. The summed E-state index contributed by atoms with van der Waals surface area (Å²) >= 11 is 0. The molecule has 0 radical (unpaired) electrons. The number of amides is 1. The van der Waals surface area contributed by atoms with Crippen LogP contribution in [-0.2, 0) is 19.6 Å². The van der Waals surface area contributed by atoms with Crippen LogP contribution in [0.5, 0.6) is 0 Å². The number of rotatable bonds is 5. The van der Waals surface area contributed by atoms with Gasteiger partial charge in [-0.3, -0.25) is 4.79 Å². The van der Waals surface area contributed by atoms with E-state index in [0.29, 0.717) is 6.42 Å². The Balaban J connectivity index is 2.86. The molecular weight excluding hydrogens is 284 g/mol. The summed E-state index contributed by atoms with van der Waals surface area (Å²) in [6, 6.07) is 5.05. The number of carbonyl (C=O) groups is 2. The second-order valence-corrected chi connectivity index (χ2v) is 5.93. The normalized spacial score (nSPS) is 12.7. The Labute approximate surface area is 117 Å². The first-order valence-corrected chi connectivity index (χ1v) is 7.41. The minimum Gasteiger partial charge on any atom is -0.474 e. The van der Waals surface area contributed by atoms with Crippen molar-refractivity contribution in [1.82, 2.24) is 4.72 Å². The van der Waals surface area contributed by atoms with Crippen molar-refractivity contribution in [3.8, 4) is 0 Å². The van der Waals surface area contributed by atoms with Crippen LogP contribution in [0.3, 0.4) is 0 Å². The molecule has 8 heteroatoms. The molecule has 3 N–H and O–H groups in total. The van der Waals surface area contributed by atoms with Gasteiger partial charge in [0, 0.05) is 11.7 Å². The number of benzene rings is 1. The average molecular weight is 300 g/mol. The zero-order valence-corrected chi connectivity index (χ0v) is 11.9. The standard InChI is InChI=1S/C12H16N2O5S/c1-3-8(2)14-20(18,19)10-6-4-9(5-7-10)13-11(15)12(16)17/h4-8,14H,3H2,1-2H3,(H,13,15)(H,16,17). The number of carboxylic acid groups (broad SMARTS) is 1. The third-order valence-electron chi connectivity index (χ3n) is 2.59. The summed E-state index contributed by atoms with van der Waals surface area (Å²) < 4.78 is 26.4. The van der Waals surface area contributed by atoms with Crippen molar-refractivity contribution < 1.29 is 23.1 Å². The largest absolute Gasteiger partial charge is 0.474 e. The van der Waals surface area contributed by atoms with Crippen LogP contribution in [0.15, 0.2) is 29.2 Å². The Bertz CT molecular complexity index is 595. The van der Waals surface area contributed by atoms with E-state index in [2.05, 4.69) is 10.0 Å². The molecule has 1 aromatic carbocycles. The summed E-state index contributed by atoms with van der Waals surface area (Å²) in [5, 5.41) is 10.6. The fourth-order valence-corrected chi connectivity index (χ4v) is 2.65. The number of hydrogen-bond acceptors (Lipinski definition) is 4. The van der Waals surface area contributed by atoms with Crippen molar-refractivity contribution in [1.29, 1.82) is 0 Å². The highest BCUT2D eigenvalue weighted by Gasteiger charge is 2.17. The van der Waals surface area contributed by atoms with Gasteiger partial charge >= 0.3 is 11.9 Å². The van der Waals surface area contributed by atoms with Gasteiger partial charge in [-0.05, 0) is 37.6 Å². The zero-order valence-electron chi connectivity index (χ0n) is 11.1. The summed E-state index contributed by atoms with van der Waals surface area (Å²) in [5.74, 6) is -2.79. The van der Waals surface area contributed by atoms with Crippen LogP contribution >= 0.6 is 0 Å².